The van der Waals surface area contributed by atoms with Crippen LogP contribution in [0.1, 0.15) is 22.3 Å². The number of sulfonamides is 1. The van der Waals surface area contributed by atoms with Gasteiger partial charge in [0.2, 0.25) is 5.91 Å². The van der Waals surface area contributed by atoms with Crippen LogP contribution in [0.4, 0.5) is 11.4 Å². The van der Waals surface area contributed by atoms with Crippen LogP contribution in [-0.2, 0) is 14.8 Å². The third-order valence-electron chi connectivity index (χ3n) is 5.00. The van der Waals surface area contributed by atoms with Crippen molar-refractivity contribution in [3.63, 3.8) is 0 Å². The van der Waals surface area contributed by atoms with E-state index in [0.717, 1.165) is 21.0 Å². The van der Waals surface area contributed by atoms with Crippen molar-refractivity contribution in [3.8, 4) is 0 Å². The summed E-state index contributed by atoms with van der Waals surface area (Å²) in [4.78, 5) is 13.0. The lowest BCUT2D eigenvalue weighted by atomic mass is 10.1. The van der Waals surface area contributed by atoms with E-state index < -0.39 is 15.9 Å². The molecule has 0 spiro atoms. The minimum Gasteiger partial charge on any atom is -0.324 e. The van der Waals surface area contributed by atoms with E-state index in [4.69, 9.17) is 11.6 Å². The zero-order valence-corrected chi connectivity index (χ0v) is 19.5. The standard InChI is InChI=1S/C24H25ClN2O3S/c1-16-6-11-21(12-7-16)31(29,30)27(23-14-20(25)10-9-19(23)4)15-24(28)26-22-13-17(2)5-8-18(22)3/h5-14H,15H2,1-4H3,(H,26,28). The highest BCUT2D eigenvalue weighted by Gasteiger charge is 2.28. The van der Waals surface area contributed by atoms with Crippen LogP contribution < -0.4 is 9.62 Å². The first-order valence-corrected chi connectivity index (χ1v) is 11.6. The second-order valence-electron chi connectivity index (χ2n) is 7.62. The molecule has 3 aromatic rings. The van der Waals surface area contributed by atoms with Crippen LogP contribution in [0.5, 0.6) is 0 Å². The van der Waals surface area contributed by atoms with E-state index in [-0.39, 0.29) is 11.4 Å². The molecule has 31 heavy (non-hydrogen) atoms. The molecule has 0 aliphatic rings. The summed E-state index contributed by atoms with van der Waals surface area (Å²) in [5.74, 6) is -0.441. The Labute approximate surface area is 188 Å². The maximum atomic E-state index is 13.5. The zero-order valence-electron chi connectivity index (χ0n) is 17.9. The van der Waals surface area contributed by atoms with Gasteiger partial charge >= 0.3 is 0 Å². The fourth-order valence-corrected chi connectivity index (χ4v) is 4.82. The third kappa shape index (κ3) is 5.27. The summed E-state index contributed by atoms with van der Waals surface area (Å²) in [6.45, 7) is 7.10. The lowest BCUT2D eigenvalue weighted by Gasteiger charge is -2.26. The van der Waals surface area contributed by atoms with E-state index >= 15 is 0 Å². The van der Waals surface area contributed by atoms with Gasteiger partial charge in [-0.05, 0) is 74.7 Å². The molecule has 0 fully saturated rings. The Morgan fingerprint density at radius 3 is 2.16 bits per heavy atom. The molecule has 0 aliphatic carbocycles. The average molecular weight is 457 g/mol. The van der Waals surface area contributed by atoms with Crippen molar-refractivity contribution in [3.05, 3.63) is 87.9 Å². The Kier molecular flexibility index (Phi) is 6.72. The van der Waals surface area contributed by atoms with Crippen molar-refractivity contribution in [2.24, 2.45) is 0 Å². The molecule has 0 bridgehead atoms. The van der Waals surface area contributed by atoms with E-state index in [1.165, 1.54) is 0 Å². The molecule has 7 heteroatoms. The Morgan fingerprint density at radius 1 is 0.871 bits per heavy atom. The van der Waals surface area contributed by atoms with Crippen LogP contribution in [0.25, 0.3) is 0 Å². The van der Waals surface area contributed by atoms with Crippen molar-refractivity contribution < 1.29 is 13.2 Å². The summed E-state index contributed by atoms with van der Waals surface area (Å²) < 4.78 is 28.1. The highest BCUT2D eigenvalue weighted by atomic mass is 35.5. The van der Waals surface area contributed by atoms with Crippen molar-refractivity contribution in [2.45, 2.75) is 32.6 Å². The smallest absolute Gasteiger partial charge is 0.264 e. The Hall–Kier alpha value is -2.83. The van der Waals surface area contributed by atoms with Crippen LogP contribution in [0, 0.1) is 27.7 Å². The summed E-state index contributed by atoms with van der Waals surface area (Å²) >= 11 is 6.16. The predicted molar refractivity (Wildman–Crippen MR) is 126 cm³/mol. The summed E-state index contributed by atoms with van der Waals surface area (Å²) in [6.07, 6.45) is 0. The Bertz CT molecular complexity index is 1220. The average Bonchev–Trinajstić information content (AvgIpc) is 2.71. The molecule has 0 unspecified atom stereocenters. The molecule has 0 atom stereocenters. The monoisotopic (exact) mass is 456 g/mol. The van der Waals surface area contributed by atoms with Gasteiger partial charge in [0.05, 0.1) is 10.6 Å². The molecule has 3 aromatic carbocycles. The van der Waals surface area contributed by atoms with Crippen LogP contribution in [0.15, 0.2) is 65.6 Å². The van der Waals surface area contributed by atoms with Crippen LogP contribution in [0.3, 0.4) is 0 Å². The van der Waals surface area contributed by atoms with Crippen molar-refractivity contribution in [2.75, 3.05) is 16.2 Å². The number of anilines is 2. The number of carbonyl (C=O) groups is 1. The summed E-state index contributed by atoms with van der Waals surface area (Å²) in [5.41, 5.74) is 4.54. The molecule has 3 rings (SSSR count). The van der Waals surface area contributed by atoms with E-state index in [2.05, 4.69) is 5.32 Å². The Balaban J connectivity index is 2.02. The van der Waals surface area contributed by atoms with Gasteiger partial charge in [-0.3, -0.25) is 9.10 Å². The minimum absolute atomic E-state index is 0.108. The number of nitrogens with one attached hydrogen (secondary N) is 1. The van der Waals surface area contributed by atoms with E-state index in [1.807, 2.05) is 39.0 Å². The van der Waals surface area contributed by atoms with Gasteiger partial charge in [0.15, 0.2) is 0 Å². The number of benzene rings is 3. The van der Waals surface area contributed by atoms with Gasteiger partial charge < -0.3 is 5.32 Å². The number of aryl methyl sites for hydroxylation is 4. The Morgan fingerprint density at radius 2 is 1.48 bits per heavy atom. The first kappa shape index (κ1) is 22.8. The second-order valence-corrected chi connectivity index (χ2v) is 9.92. The lowest BCUT2D eigenvalue weighted by molar-refractivity contribution is -0.114. The van der Waals surface area contributed by atoms with E-state index in [9.17, 15) is 13.2 Å². The molecular weight excluding hydrogens is 432 g/mol. The number of amides is 1. The SMILES string of the molecule is Cc1ccc(S(=O)(=O)N(CC(=O)Nc2cc(C)ccc2C)c2cc(Cl)ccc2C)cc1. The maximum absolute atomic E-state index is 13.5. The van der Waals surface area contributed by atoms with Crippen molar-refractivity contribution in [1.29, 1.82) is 0 Å². The third-order valence-corrected chi connectivity index (χ3v) is 7.01. The molecule has 0 radical (unpaired) electrons. The predicted octanol–water partition coefficient (Wildman–Crippen LogP) is 5.41. The van der Waals surface area contributed by atoms with Crippen molar-refractivity contribution in [1.82, 2.24) is 0 Å². The van der Waals surface area contributed by atoms with Gasteiger partial charge in [0, 0.05) is 10.7 Å². The molecule has 0 aromatic heterocycles. The number of halogens is 1. The normalized spacial score (nSPS) is 11.3. The minimum atomic E-state index is -4.00. The van der Waals surface area contributed by atoms with Crippen LogP contribution in [-0.4, -0.2) is 20.9 Å². The number of hydrogen-bond acceptors (Lipinski definition) is 3. The fourth-order valence-electron chi connectivity index (χ4n) is 3.18. The zero-order chi connectivity index (χ0) is 22.8. The maximum Gasteiger partial charge on any atom is 0.264 e. The van der Waals surface area contributed by atoms with Crippen LogP contribution >= 0.6 is 11.6 Å². The van der Waals surface area contributed by atoms with E-state index in [0.29, 0.717) is 22.0 Å². The number of nitrogens with zero attached hydrogens (tertiary/aromatic N) is 1. The lowest BCUT2D eigenvalue weighted by Crippen LogP contribution is -2.38. The van der Waals surface area contributed by atoms with Gasteiger partial charge in [0.1, 0.15) is 6.54 Å². The molecule has 0 saturated heterocycles. The molecule has 1 amide bonds. The van der Waals surface area contributed by atoms with Crippen LogP contribution in [0.2, 0.25) is 5.02 Å². The number of carbonyl (C=O) groups excluding carboxylic acids is 1. The first-order chi connectivity index (χ1) is 14.6. The van der Waals surface area contributed by atoms with Gasteiger partial charge in [-0.2, -0.15) is 0 Å². The number of rotatable bonds is 6. The topological polar surface area (TPSA) is 66.5 Å². The molecular formula is C24H25ClN2O3S. The first-order valence-electron chi connectivity index (χ1n) is 9.80. The molecule has 1 N–H and O–H groups in total. The second kappa shape index (κ2) is 9.12. The van der Waals surface area contributed by atoms with Gasteiger partial charge in [0.25, 0.3) is 10.0 Å². The quantitative estimate of drug-likeness (QED) is 0.539. The highest BCUT2D eigenvalue weighted by Crippen LogP contribution is 2.30. The van der Waals surface area contributed by atoms with Gasteiger partial charge in [-0.1, -0.05) is 47.5 Å². The fraction of sp³-hybridized carbons (Fsp3) is 0.208. The summed E-state index contributed by atoms with van der Waals surface area (Å²) in [7, 11) is -4.00. The van der Waals surface area contributed by atoms with Crippen molar-refractivity contribution >= 4 is 38.9 Å². The van der Waals surface area contributed by atoms with Gasteiger partial charge in [-0.25, -0.2) is 8.42 Å². The molecule has 0 aliphatic heterocycles. The largest absolute Gasteiger partial charge is 0.324 e. The molecule has 0 saturated carbocycles. The van der Waals surface area contributed by atoms with Gasteiger partial charge in [-0.15, -0.1) is 0 Å². The molecule has 5 nitrogen and oxygen atoms in total. The summed E-state index contributed by atoms with van der Waals surface area (Å²) in [6, 6.07) is 17.2. The highest BCUT2D eigenvalue weighted by molar-refractivity contribution is 7.92. The number of hydrogen-bond donors (Lipinski definition) is 1. The molecule has 0 heterocycles. The van der Waals surface area contributed by atoms with E-state index in [1.54, 1.807) is 49.4 Å². The molecule has 162 valence electrons. The summed E-state index contributed by atoms with van der Waals surface area (Å²) in [5, 5.41) is 3.23.